The fourth-order valence-electron chi connectivity index (χ4n) is 2.22. The summed E-state index contributed by atoms with van der Waals surface area (Å²) in [4.78, 5) is 16.1. The van der Waals surface area contributed by atoms with Gasteiger partial charge in [0, 0.05) is 13.1 Å². The van der Waals surface area contributed by atoms with Crippen LogP contribution in [0.25, 0.3) is 0 Å². The van der Waals surface area contributed by atoms with Crippen LogP contribution in [0, 0.1) is 0 Å². The lowest BCUT2D eigenvalue weighted by atomic mass is 10.0. The molecule has 106 valence electrons. The predicted octanol–water partition coefficient (Wildman–Crippen LogP) is 1.96. The molecule has 2 rings (SSSR count). The Morgan fingerprint density at radius 1 is 1.35 bits per heavy atom. The summed E-state index contributed by atoms with van der Waals surface area (Å²) in [7, 11) is 1.72. The molecule has 1 N–H and O–H groups in total. The van der Waals surface area contributed by atoms with Crippen LogP contribution in [0.1, 0.15) is 35.9 Å². The molecule has 0 spiro atoms. The number of aryl methyl sites for hydroxylation is 1. The maximum absolute atomic E-state index is 12.2. The fraction of sp³-hybridized carbons (Fsp3) is 0.400. The molecule has 20 heavy (non-hydrogen) atoms. The molecule has 0 bridgehead atoms. The molecular weight excluding hydrogens is 252 g/mol. The number of aromatic nitrogens is 3. The Labute approximate surface area is 119 Å². The second-order valence-electron chi connectivity index (χ2n) is 4.86. The Hall–Kier alpha value is -2.17. The van der Waals surface area contributed by atoms with Gasteiger partial charge in [-0.1, -0.05) is 43.7 Å². The molecule has 0 aliphatic rings. The number of nitrogens with zero attached hydrogens (tertiary/aromatic N) is 3. The van der Waals surface area contributed by atoms with Gasteiger partial charge in [-0.2, -0.15) is 5.10 Å². The van der Waals surface area contributed by atoms with Crippen LogP contribution in [0.15, 0.2) is 36.7 Å². The van der Waals surface area contributed by atoms with Gasteiger partial charge in [-0.3, -0.25) is 4.79 Å². The van der Waals surface area contributed by atoms with Gasteiger partial charge in [-0.25, -0.2) is 9.67 Å². The number of benzene rings is 1. The summed E-state index contributed by atoms with van der Waals surface area (Å²) in [6, 6.07) is 10.3. The van der Waals surface area contributed by atoms with E-state index in [0.29, 0.717) is 5.82 Å². The second-order valence-corrected chi connectivity index (χ2v) is 4.86. The third-order valence-corrected chi connectivity index (χ3v) is 3.21. The summed E-state index contributed by atoms with van der Waals surface area (Å²) in [5, 5.41) is 6.97. The molecule has 1 aromatic heterocycles. The first kappa shape index (κ1) is 14.2. The van der Waals surface area contributed by atoms with Crippen LogP contribution < -0.4 is 5.32 Å². The summed E-state index contributed by atoms with van der Waals surface area (Å²) >= 11 is 0. The van der Waals surface area contributed by atoms with Gasteiger partial charge in [-0.15, -0.1) is 0 Å². The second kappa shape index (κ2) is 6.84. The number of hydrogen-bond donors (Lipinski definition) is 1. The first-order valence-electron chi connectivity index (χ1n) is 6.89. The van der Waals surface area contributed by atoms with Crippen molar-refractivity contribution in [3.63, 3.8) is 0 Å². The standard InChI is InChI=1S/C15H20N4O/c1-3-7-13(10-12-8-5-4-6-9-12)18-15(20)14-16-11-17-19(14)2/h4-6,8-9,11,13H,3,7,10H2,1-2H3,(H,18,20). The minimum absolute atomic E-state index is 0.117. The summed E-state index contributed by atoms with van der Waals surface area (Å²) < 4.78 is 1.49. The van der Waals surface area contributed by atoms with Crippen molar-refractivity contribution in [2.24, 2.45) is 7.05 Å². The van der Waals surface area contributed by atoms with Crippen molar-refractivity contribution in [1.29, 1.82) is 0 Å². The molecule has 1 atom stereocenters. The minimum atomic E-state index is -0.167. The molecule has 5 nitrogen and oxygen atoms in total. The quantitative estimate of drug-likeness (QED) is 0.874. The third-order valence-electron chi connectivity index (χ3n) is 3.21. The highest BCUT2D eigenvalue weighted by Crippen LogP contribution is 2.08. The zero-order valence-electron chi connectivity index (χ0n) is 11.9. The Morgan fingerprint density at radius 2 is 2.10 bits per heavy atom. The highest BCUT2D eigenvalue weighted by molar-refractivity contribution is 5.90. The highest BCUT2D eigenvalue weighted by atomic mass is 16.2. The Balaban J connectivity index is 2.02. The molecule has 0 saturated heterocycles. The maximum Gasteiger partial charge on any atom is 0.289 e. The summed E-state index contributed by atoms with van der Waals surface area (Å²) in [5.74, 6) is 0.179. The first-order valence-corrected chi connectivity index (χ1v) is 6.89. The Morgan fingerprint density at radius 3 is 2.70 bits per heavy atom. The van der Waals surface area contributed by atoms with Crippen LogP contribution >= 0.6 is 0 Å². The van der Waals surface area contributed by atoms with E-state index in [2.05, 4.69) is 34.5 Å². The molecule has 1 unspecified atom stereocenters. The van der Waals surface area contributed by atoms with Gasteiger partial charge in [0.1, 0.15) is 6.33 Å². The van der Waals surface area contributed by atoms with Crippen LogP contribution in [0.3, 0.4) is 0 Å². The average molecular weight is 272 g/mol. The van der Waals surface area contributed by atoms with Gasteiger partial charge < -0.3 is 5.32 Å². The largest absolute Gasteiger partial charge is 0.346 e. The van der Waals surface area contributed by atoms with Gasteiger partial charge >= 0.3 is 0 Å². The fourth-order valence-corrected chi connectivity index (χ4v) is 2.22. The lowest BCUT2D eigenvalue weighted by Gasteiger charge is -2.17. The SMILES string of the molecule is CCCC(Cc1ccccc1)NC(=O)c1ncnn1C. The smallest absolute Gasteiger partial charge is 0.289 e. The van der Waals surface area contributed by atoms with E-state index in [-0.39, 0.29) is 11.9 Å². The lowest BCUT2D eigenvalue weighted by molar-refractivity contribution is 0.0920. The van der Waals surface area contributed by atoms with Gasteiger partial charge in [0.15, 0.2) is 0 Å². The van der Waals surface area contributed by atoms with E-state index in [1.54, 1.807) is 7.05 Å². The lowest BCUT2D eigenvalue weighted by Crippen LogP contribution is -2.37. The molecule has 5 heteroatoms. The minimum Gasteiger partial charge on any atom is -0.346 e. The summed E-state index contributed by atoms with van der Waals surface area (Å²) in [6.07, 6.45) is 4.19. The Kier molecular flexibility index (Phi) is 4.87. The van der Waals surface area contributed by atoms with Crippen molar-refractivity contribution in [1.82, 2.24) is 20.1 Å². The van der Waals surface area contributed by atoms with Crippen molar-refractivity contribution in [2.75, 3.05) is 0 Å². The van der Waals surface area contributed by atoms with E-state index in [4.69, 9.17) is 0 Å². The van der Waals surface area contributed by atoms with E-state index in [0.717, 1.165) is 19.3 Å². The van der Waals surface area contributed by atoms with E-state index in [9.17, 15) is 4.79 Å². The van der Waals surface area contributed by atoms with Crippen molar-refractivity contribution < 1.29 is 4.79 Å². The van der Waals surface area contributed by atoms with Crippen molar-refractivity contribution in [3.8, 4) is 0 Å². The summed E-state index contributed by atoms with van der Waals surface area (Å²) in [5.41, 5.74) is 1.23. The summed E-state index contributed by atoms with van der Waals surface area (Å²) in [6.45, 7) is 2.12. The zero-order valence-corrected chi connectivity index (χ0v) is 11.9. The van der Waals surface area contributed by atoms with E-state index in [1.807, 2.05) is 18.2 Å². The van der Waals surface area contributed by atoms with Crippen molar-refractivity contribution in [3.05, 3.63) is 48.0 Å². The van der Waals surface area contributed by atoms with Gasteiger partial charge in [0.2, 0.25) is 5.82 Å². The van der Waals surface area contributed by atoms with Gasteiger partial charge in [-0.05, 0) is 18.4 Å². The van der Waals surface area contributed by atoms with Crippen LogP contribution in [0.5, 0.6) is 0 Å². The normalized spacial score (nSPS) is 12.1. The zero-order chi connectivity index (χ0) is 14.4. The van der Waals surface area contributed by atoms with Crippen molar-refractivity contribution in [2.45, 2.75) is 32.2 Å². The monoisotopic (exact) mass is 272 g/mol. The number of carbonyl (C=O) groups is 1. The molecule has 1 heterocycles. The van der Waals surface area contributed by atoms with Crippen molar-refractivity contribution >= 4 is 5.91 Å². The number of rotatable bonds is 6. The Bertz CT molecular complexity index is 550. The number of amides is 1. The number of carbonyl (C=O) groups excluding carboxylic acids is 1. The van der Waals surface area contributed by atoms with E-state index < -0.39 is 0 Å². The van der Waals surface area contributed by atoms with Crippen LogP contribution in [-0.2, 0) is 13.5 Å². The average Bonchev–Trinajstić information content (AvgIpc) is 2.86. The maximum atomic E-state index is 12.2. The first-order chi connectivity index (χ1) is 9.70. The molecule has 0 aliphatic heterocycles. The molecule has 1 amide bonds. The third kappa shape index (κ3) is 3.66. The molecule has 1 aromatic carbocycles. The van der Waals surface area contributed by atoms with Crippen LogP contribution in [-0.4, -0.2) is 26.7 Å². The molecule has 0 aliphatic carbocycles. The molecule has 0 radical (unpaired) electrons. The van der Waals surface area contributed by atoms with Crippen LogP contribution in [0.4, 0.5) is 0 Å². The number of nitrogens with one attached hydrogen (secondary N) is 1. The molecule has 0 saturated carbocycles. The van der Waals surface area contributed by atoms with E-state index >= 15 is 0 Å². The van der Waals surface area contributed by atoms with E-state index in [1.165, 1.54) is 16.6 Å². The molecular formula is C15H20N4O. The molecule has 0 fully saturated rings. The molecule has 2 aromatic rings. The van der Waals surface area contributed by atoms with Gasteiger partial charge in [0.25, 0.3) is 5.91 Å². The topological polar surface area (TPSA) is 59.8 Å². The van der Waals surface area contributed by atoms with Gasteiger partial charge in [0.05, 0.1) is 0 Å². The predicted molar refractivity (Wildman–Crippen MR) is 77.3 cm³/mol. The van der Waals surface area contributed by atoms with Crippen LogP contribution in [0.2, 0.25) is 0 Å². The number of hydrogen-bond acceptors (Lipinski definition) is 3. The highest BCUT2D eigenvalue weighted by Gasteiger charge is 2.17.